The Morgan fingerprint density at radius 3 is 2.60 bits per heavy atom. The molecule has 0 saturated heterocycles. The Hall–Kier alpha value is -2.38. The monoisotopic (exact) mass is 381 g/mol. The Kier molecular flexibility index (Phi) is 4.30. The molecule has 0 spiro atoms. The molecule has 0 amide bonds. The summed E-state index contributed by atoms with van der Waals surface area (Å²) in [6.07, 6.45) is 0. The van der Waals surface area contributed by atoms with Crippen molar-refractivity contribution in [3.63, 3.8) is 0 Å². The number of rotatable bonds is 4. The molecule has 0 fully saturated rings. The summed E-state index contributed by atoms with van der Waals surface area (Å²) < 4.78 is 41.3. The predicted octanol–water partition coefficient (Wildman–Crippen LogP) is 3.66. The van der Waals surface area contributed by atoms with E-state index in [1.165, 1.54) is 35.8 Å². The number of carbonyl (C=O) groups is 1. The lowest BCUT2D eigenvalue weighted by Crippen LogP contribution is -2.11. The fourth-order valence-corrected chi connectivity index (χ4v) is 4.84. The minimum Gasteiger partial charge on any atom is -0.480 e. The van der Waals surface area contributed by atoms with Gasteiger partial charge in [0, 0.05) is 16.1 Å². The highest BCUT2D eigenvalue weighted by molar-refractivity contribution is 7.91. The highest BCUT2D eigenvalue weighted by Gasteiger charge is 2.28. The Bertz CT molecular complexity index is 1110. The van der Waals surface area contributed by atoms with Crippen LogP contribution >= 0.6 is 11.6 Å². The van der Waals surface area contributed by atoms with Gasteiger partial charge in [-0.2, -0.15) is 0 Å². The summed E-state index contributed by atoms with van der Waals surface area (Å²) in [5.74, 6) is -1.74. The highest BCUT2D eigenvalue weighted by atomic mass is 35.5. The van der Waals surface area contributed by atoms with Crippen LogP contribution in [0.1, 0.15) is 5.69 Å². The first-order valence-corrected chi connectivity index (χ1v) is 9.08. The predicted molar refractivity (Wildman–Crippen MR) is 91.2 cm³/mol. The van der Waals surface area contributed by atoms with Crippen LogP contribution in [0.2, 0.25) is 5.02 Å². The van der Waals surface area contributed by atoms with E-state index in [1.807, 2.05) is 0 Å². The molecular weight excluding hydrogens is 369 g/mol. The van der Waals surface area contributed by atoms with Gasteiger partial charge in [-0.3, -0.25) is 4.79 Å². The third kappa shape index (κ3) is 3.01. The van der Waals surface area contributed by atoms with Crippen molar-refractivity contribution in [2.75, 3.05) is 0 Å². The second-order valence-electron chi connectivity index (χ2n) is 5.52. The standard InChI is InChI=1S/C17H13ClFNO4S/c1-10-17(25(23,24)13-4-2-3-11(18)7-13)14-8-12(19)5-6-15(14)20(10)9-16(21)22/h2-8H,9H2,1H3,(H,21,22). The van der Waals surface area contributed by atoms with Crippen molar-refractivity contribution in [1.82, 2.24) is 4.57 Å². The van der Waals surface area contributed by atoms with E-state index in [0.717, 1.165) is 12.1 Å². The maximum absolute atomic E-state index is 13.7. The summed E-state index contributed by atoms with van der Waals surface area (Å²) in [7, 11) is -4.02. The number of carboxylic acids is 1. The SMILES string of the molecule is Cc1c(S(=O)(=O)c2cccc(Cl)c2)c2cc(F)ccc2n1CC(=O)O. The second-order valence-corrected chi connectivity index (χ2v) is 7.84. The van der Waals surface area contributed by atoms with Crippen molar-refractivity contribution in [2.24, 2.45) is 0 Å². The number of aliphatic carboxylic acids is 1. The molecule has 0 aliphatic rings. The van der Waals surface area contributed by atoms with E-state index in [-0.39, 0.29) is 25.9 Å². The van der Waals surface area contributed by atoms with Gasteiger partial charge in [-0.15, -0.1) is 0 Å². The van der Waals surface area contributed by atoms with Crippen molar-refractivity contribution in [2.45, 2.75) is 23.3 Å². The van der Waals surface area contributed by atoms with Crippen molar-refractivity contribution in [1.29, 1.82) is 0 Å². The van der Waals surface area contributed by atoms with Crippen LogP contribution in [-0.2, 0) is 21.2 Å². The molecule has 2 aromatic carbocycles. The summed E-state index contributed by atoms with van der Waals surface area (Å²) in [4.78, 5) is 11.0. The van der Waals surface area contributed by atoms with Crippen molar-refractivity contribution in [3.05, 3.63) is 59.0 Å². The van der Waals surface area contributed by atoms with E-state index < -0.39 is 28.2 Å². The van der Waals surface area contributed by atoms with Crippen LogP contribution in [0.3, 0.4) is 0 Å². The molecule has 0 radical (unpaired) electrons. The molecule has 1 aromatic heterocycles. The number of nitrogens with zero attached hydrogens (tertiary/aromatic N) is 1. The lowest BCUT2D eigenvalue weighted by atomic mass is 10.2. The van der Waals surface area contributed by atoms with Crippen LogP contribution < -0.4 is 0 Å². The molecule has 0 saturated carbocycles. The molecule has 130 valence electrons. The molecule has 5 nitrogen and oxygen atoms in total. The molecular formula is C17H13ClFNO4S. The molecule has 0 aliphatic carbocycles. The Labute approximate surface area is 148 Å². The summed E-state index contributed by atoms with van der Waals surface area (Å²) in [5.41, 5.74) is 0.560. The smallest absolute Gasteiger partial charge is 0.323 e. The number of fused-ring (bicyclic) bond motifs is 1. The third-order valence-corrected chi connectivity index (χ3v) is 6.06. The summed E-state index contributed by atoms with van der Waals surface area (Å²) in [6, 6.07) is 9.37. The maximum atomic E-state index is 13.7. The molecule has 8 heteroatoms. The van der Waals surface area contributed by atoms with Gasteiger partial charge < -0.3 is 9.67 Å². The minimum absolute atomic E-state index is 0.0401. The molecule has 0 aliphatic heterocycles. The van der Waals surface area contributed by atoms with Crippen LogP contribution in [0, 0.1) is 12.7 Å². The zero-order valence-electron chi connectivity index (χ0n) is 13.0. The van der Waals surface area contributed by atoms with Gasteiger partial charge in [-0.05, 0) is 43.3 Å². The first kappa shape index (κ1) is 17.4. The topological polar surface area (TPSA) is 76.4 Å². The first-order valence-electron chi connectivity index (χ1n) is 7.22. The number of sulfone groups is 1. The van der Waals surface area contributed by atoms with E-state index in [2.05, 4.69) is 0 Å². The van der Waals surface area contributed by atoms with E-state index in [9.17, 15) is 17.6 Å². The van der Waals surface area contributed by atoms with Crippen molar-refractivity contribution >= 4 is 38.3 Å². The molecule has 3 rings (SSSR count). The van der Waals surface area contributed by atoms with Crippen molar-refractivity contribution in [3.8, 4) is 0 Å². The van der Waals surface area contributed by atoms with Crippen LogP contribution in [0.5, 0.6) is 0 Å². The first-order chi connectivity index (χ1) is 11.7. The number of aromatic nitrogens is 1. The molecule has 25 heavy (non-hydrogen) atoms. The summed E-state index contributed by atoms with van der Waals surface area (Å²) >= 11 is 5.89. The van der Waals surface area contributed by atoms with E-state index >= 15 is 0 Å². The number of hydrogen-bond donors (Lipinski definition) is 1. The van der Waals surface area contributed by atoms with Gasteiger partial charge in [0.25, 0.3) is 0 Å². The van der Waals surface area contributed by atoms with Gasteiger partial charge >= 0.3 is 5.97 Å². The van der Waals surface area contributed by atoms with Gasteiger partial charge in [-0.25, -0.2) is 12.8 Å². The van der Waals surface area contributed by atoms with Crippen molar-refractivity contribution < 1.29 is 22.7 Å². The van der Waals surface area contributed by atoms with Gasteiger partial charge in [-0.1, -0.05) is 17.7 Å². The van der Waals surface area contributed by atoms with Gasteiger partial charge in [0.15, 0.2) is 0 Å². The average Bonchev–Trinajstić information content (AvgIpc) is 2.79. The maximum Gasteiger partial charge on any atom is 0.323 e. The summed E-state index contributed by atoms with van der Waals surface area (Å²) in [6.45, 7) is 1.07. The van der Waals surface area contributed by atoms with Gasteiger partial charge in [0.1, 0.15) is 17.3 Å². The third-order valence-electron chi connectivity index (χ3n) is 3.90. The average molecular weight is 382 g/mol. The molecule has 0 unspecified atom stereocenters. The lowest BCUT2D eigenvalue weighted by Gasteiger charge is -2.07. The van der Waals surface area contributed by atoms with Crippen LogP contribution in [-0.4, -0.2) is 24.1 Å². The minimum atomic E-state index is -4.02. The Morgan fingerprint density at radius 1 is 1.24 bits per heavy atom. The van der Waals surface area contributed by atoms with Crippen LogP contribution in [0.4, 0.5) is 4.39 Å². The van der Waals surface area contributed by atoms with E-state index in [0.29, 0.717) is 5.52 Å². The molecule has 0 bridgehead atoms. The zero-order valence-corrected chi connectivity index (χ0v) is 14.6. The van der Waals surface area contributed by atoms with E-state index in [1.54, 1.807) is 6.07 Å². The van der Waals surface area contributed by atoms with Crippen LogP contribution in [0.15, 0.2) is 52.3 Å². The fourth-order valence-electron chi connectivity index (χ4n) is 2.85. The fraction of sp³-hybridized carbons (Fsp3) is 0.118. The molecule has 1 N–H and O–H groups in total. The molecule has 1 heterocycles. The van der Waals surface area contributed by atoms with Gasteiger partial charge in [0.2, 0.25) is 9.84 Å². The normalized spacial score (nSPS) is 11.8. The molecule has 0 atom stereocenters. The molecule has 3 aromatic rings. The second kappa shape index (κ2) is 6.16. The Balaban J connectivity index is 2.37. The number of hydrogen-bond acceptors (Lipinski definition) is 3. The Morgan fingerprint density at radius 2 is 1.96 bits per heavy atom. The number of halogens is 2. The van der Waals surface area contributed by atoms with E-state index in [4.69, 9.17) is 16.7 Å². The van der Waals surface area contributed by atoms with Crippen LogP contribution in [0.25, 0.3) is 10.9 Å². The lowest BCUT2D eigenvalue weighted by molar-refractivity contribution is -0.137. The largest absolute Gasteiger partial charge is 0.480 e. The summed E-state index contributed by atoms with van der Waals surface area (Å²) in [5, 5.41) is 9.50. The zero-order chi connectivity index (χ0) is 18.4. The van der Waals surface area contributed by atoms with Gasteiger partial charge in [0.05, 0.1) is 10.4 Å². The number of carboxylic acid groups (broad SMARTS) is 1. The highest BCUT2D eigenvalue weighted by Crippen LogP contribution is 2.34. The number of benzene rings is 2. The quantitative estimate of drug-likeness (QED) is 0.748.